The quantitative estimate of drug-likeness (QED) is 0.626. The van der Waals surface area contributed by atoms with Crippen LogP contribution in [0.4, 0.5) is 4.79 Å². The number of benzene rings is 1. The molecule has 0 N–H and O–H groups in total. The van der Waals surface area contributed by atoms with Crippen LogP contribution in [-0.2, 0) is 20.7 Å². The molecule has 22 heavy (non-hydrogen) atoms. The van der Waals surface area contributed by atoms with E-state index in [1.807, 2.05) is 38.4 Å². The summed E-state index contributed by atoms with van der Waals surface area (Å²) in [6.07, 6.45) is 2.05. The fraction of sp³-hybridized carbons (Fsp3) is 0.375. The second-order valence-corrected chi connectivity index (χ2v) is 5.26. The zero-order chi connectivity index (χ0) is 16.1. The zero-order valence-corrected chi connectivity index (χ0v) is 13.0. The normalized spacial score (nSPS) is 10.9. The van der Waals surface area contributed by atoms with Crippen molar-refractivity contribution in [1.29, 1.82) is 0 Å². The summed E-state index contributed by atoms with van der Waals surface area (Å²) in [5, 5.41) is 1.02. The molecule has 0 saturated heterocycles. The third-order valence-electron chi connectivity index (χ3n) is 3.26. The zero-order valence-electron chi connectivity index (χ0n) is 13.0. The number of likely N-dealkylation sites (N-methyl/N-ethyl adjacent to an activating group) is 1. The fourth-order valence-corrected chi connectivity index (χ4v) is 2.18. The van der Waals surface area contributed by atoms with Crippen LogP contribution in [0.25, 0.3) is 10.9 Å². The number of hydrogen-bond acceptors (Lipinski definition) is 5. The van der Waals surface area contributed by atoms with Gasteiger partial charge in [-0.05, 0) is 32.1 Å². The highest BCUT2D eigenvalue weighted by Crippen LogP contribution is 2.22. The minimum atomic E-state index is -0.562. The average Bonchev–Trinajstić information content (AvgIpc) is 2.83. The maximum Gasteiger partial charge on any atom is 0.421 e. The van der Waals surface area contributed by atoms with Crippen LogP contribution in [0.3, 0.4) is 0 Å². The van der Waals surface area contributed by atoms with Gasteiger partial charge in [-0.2, -0.15) is 0 Å². The molecule has 0 unspecified atom stereocenters. The molecule has 1 aromatic heterocycles. The van der Waals surface area contributed by atoms with Crippen LogP contribution >= 0.6 is 0 Å². The highest BCUT2D eigenvalue weighted by Gasteiger charge is 2.14. The molecule has 0 bridgehead atoms. The average molecular weight is 304 g/mol. The van der Waals surface area contributed by atoms with Crippen LogP contribution in [0.15, 0.2) is 30.5 Å². The van der Waals surface area contributed by atoms with Gasteiger partial charge in [0.15, 0.2) is 0 Å². The number of para-hydroxylation sites is 1. The Morgan fingerprint density at radius 3 is 2.59 bits per heavy atom. The summed E-state index contributed by atoms with van der Waals surface area (Å²) in [5.74, 6) is -0.489. The Balaban J connectivity index is 2.21. The second kappa shape index (κ2) is 7.09. The van der Waals surface area contributed by atoms with Crippen molar-refractivity contribution in [3.8, 4) is 0 Å². The molecule has 0 radical (unpaired) electrons. The molecule has 0 aliphatic rings. The topological polar surface area (TPSA) is 60.8 Å². The molecule has 0 fully saturated rings. The summed E-state index contributed by atoms with van der Waals surface area (Å²) in [6, 6.07) is 7.65. The summed E-state index contributed by atoms with van der Waals surface area (Å²) < 4.78 is 11.0. The van der Waals surface area contributed by atoms with Crippen LogP contribution in [0, 0.1) is 0 Å². The van der Waals surface area contributed by atoms with E-state index in [0.29, 0.717) is 0 Å². The van der Waals surface area contributed by atoms with Crippen LogP contribution < -0.4 is 0 Å². The number of esters is 1. The summed E-state index contributed by atoms with van der Waals surface area (Å²) in [5.41, 5.74) is 1.86. The SMILES string of the molecule is CC(=O)OCOC(=O)n1cc(CCN(C)C)c2ccccc21. The predicted molar refractivity (Wildman–Crippen MR) is 82.7 cm³/mol. The molecule has 118 valence electrons. The number of aromatic nitrogens is 1. The van der Waals surface area contributed by atoms with Gasteiger partial charge in [0.1, 0.15) is 0 Å². The maximum atomic E-state index is 12.1. The summed E-state index contributed by atoms with van der Waals surface area (Å²) in [4.78, 5) is 24.9. The van der Waals surface area contributed by atoms with Gasteiger partial charge in [0.2, 0.25) is 6.79 Å². The van der Waals surface area contributed by atoms with E-state index in [-0.39, 0.29) is 6.79 Å². The van der Waals surface area contributed by atoms with Gasteiger partial charge in [-0.25, -0.2) is 4.79 Å². The van der Waals surface area contributed by atoms with E-state index in [9.17, 15) is 9.59 Å². The van der Waals surface area contributed by atoms with Gasteiger partial charge in [-0.3, -0.25) is 9.36 Å². The van der Waals surface area contributed by atoms with E-state index in [1.165, 1.54) is 11.5 Å². The molecular formula is C16H20N2O4. The van der Waals surface area contributed by atoms with Gasteiger partial charge >= 0.3 is 12.1 Å². The molecule has 2 rings (SSSR count). The van der Waals surface area contributed by atoms with Crippen molar-refractivity contribution in [1.82, 2.24) is 9.47 Å². The first-order valence-corrected chi connectivity index (χ1v) is 7.03. The number of nitrogens with zero attached hydrogens (tertiary/aromatic N) is 2. The number of carbonyl (C=O) groups is 2. The lowest BCUT2D eigenvalue weighted by Gasteiger charge is -2.08. The molecule has 1 heterocycles. The van der Waals surface area contributed by atoms with E-state index in [0.717, 1.165) is 29.4 Å². The Hall–Kier alpha value is -2.34. The van der Waals surface area contributed by atoms with Crippen LogP contribution in [0.2, 0.25) is 0 Å². The van der Waals surface area contributed by atoms with Crippen molar-refractivity contribution >= 4 is 23.0 Å². The molecule has 0 amide bonds. The molecule has 1 aromatic carbocycles. The molecule has 2 aromatic rings. The first-order valence-electron chi connectivity index (χ1n) is 7.03. The Kier molecular flexibility index (Phi) is 5.16. The summed E-state index contributed by atoms with van der Waals surface area (Å²) in [7, 11) is 4.01. The van der Waals surface area contributed by atoms with Crippen LogP contribution in [0.1, 0.15) is 12.5 Å². The molecule has 0 atom stereocenters. The van der Waals surface area contributed by atoms with E-state index < -0.39 is 12.1 Å². The number of carbonyl (C=O) groups excluding carboxylic acids is 2. The molecular weight excluding hydrogens is 284 g/mol. The van der Waals surface area contributed by atoms with Gasteiger partial charge < -0.3 is 14.4 Å². The van der Waals surface area contributed by atoms with Crippen molar-refractivity contribution in [2.75, 3.05) is 27.4 Å². The second-order valence-electron chi connectivity index (χ2n) is 5.26. The van der Waals surface area contributed by atoms with E-state index in [1.54, 1.807) is 6.20 Å². The molecule has 0 saturated carbocycles. The van der Waals surface area contributed by atoms with E-state index in [4.69, 9.17) is 4.74 Å². The van der Waals surface area contributed by atoms with Crippen molar-refractivity contribution < 1.29 is 19.1 Å². The number of hydrogen-bond donors (Lipinski definition) is 0. The Morgan fingerprint density at radius 1 is 1.18 bits per heavy atom. The summed E-state index contributed by atoms with van der Waals surface area (Å²) >= 11 is 0. The van der Waals surface area contributed by atoms with E-state index in [2.05, 4.69) is 9.64 Å². The predicted octanol–water partition coefficient (Wildman–Crippen LogP) is 2.25. The molecule has 6 heteroatoms. The lowest BCUT2D eigenvalue weighted by Crippen LogP contribution is -2.16. The minimum Gasteiger partial charge on any atom is -0.428 e. The van der Waals surface area contributed by atoms with Gasteiger partial charge in [0, 0.05) is 25.1 Å². The minimum absolute atomic E-state index is 0.381. The lowest BCUT2D eigenvalue weighted by molar-refractivity contribution is -0.149. The molecule has 0 aliphatic heterocycles. The molecule has 6 nitrogen and oxygen atoms in total. The number of ether oxygens (including phenoxy) is 2. The number of rotatable bonds is 5. The molecule has 0 aliphatic carbocycles. The van der Waals surface area contributed by atoms with Crippen LogP contribution in [-0.4, -0.2) is 49.0 Å². The number of fused-ring (bicyclic) bond motifs is 1. The highest BCUT2D eigenvalue weighted by molar-refractivity contribution is 5.92. The Labute approximate surface area is 129 Å². The standard InChI is InChI=1S/C16H20N2O4/c1-12(19)21-11-22-16(20)18-10-13(8-9-17(2)3)14-6-4-5-7-15(14)18/h4-7,10H,8-9,11H2,1-3H3. The van der Waals surface area contributed by atoms with Gasteiger partial charge in [0.25, 0.3) is 0 Å². The Bertz CT molecular complexity index is 676. The third kappa shape index (κ3) is 3.85. The first-order chi connectivity index (χ1) is 10.5. The van der Waals surface area contributed by atoms with Crippen molar-refractivity contribution in [3.63, 3.8) is 0 Å². The smallest absolute Gasteiger partial charge is 0.421 e. The first kappa shape index (κ1) is 16.0. The van der Waals surface area contributed by atoms with Gasteiger partial charge in [-0.15, -0.1) is 0 Å². The van der Waals surface area contributed by atoms with Crippen molar-refractivity contribution in [2.24, 2.45) is 0 Å². The monoisotopic (exact) mass is 304 g/mol. The Morgan fingerprint density at radius 2 is 1.91 bits per heavy atom. The molecule has 0 spiro atoms. The van der Waals surface area contributed by atoms with Crippen molar-refractivity contribution in [3.05, 3.63) is 36.0 Å². The lowest BCUT2D eigenvalue weighted by atomic mass is 10.1. The van der Waals surface area contributed by atoms with Crippen LogP contribution in [0.5, 0.6) is 0 Å². The fourth-order valence-electron chi connectivity index (χ4n) is 2.18. The van der Waals surface area contributed by atoms with Crippen molar-refractivity contribution in [2.45, 2.75) is 13.3 Å². The van der Waals surface area contributed by atoms with Gasteiger partial charge in [-0.1, -0.05) is 18.2 Å². The van der Waals surface area contributed by atoms with E-state index >= 15 is 0 Å². The third-order valence-corrected chi connectivity index (χ3v) is 3.26. The van der Waals surface area contributed by atoms with Gasteiger partial charge in [0.05, 0.1) is 5.52 Å². The summed E-state index contributed by atoms with van der Waals surface area (Å²) in [6.45, 7) is 1.77. The largest absolute Gasteiger partial charge is 0.428 e. The maximum absolute atomic E-state index is 12.1. The highest BCUT2D eigenvalue weighted by atomic mass is 16.7.